The lowest BCUT2D eigenvalue weighted by Gasteiger charge is -1.95. The Hall–Kier alpha value is -0.340. The second-order valence-corrected chi connectivity index (χ2v) is 1.96. The van der Waals surface area contributed by atoms with E-state index in [2.05, 4.69) is 16.7 Å². The molecule has 1 N–H and O–H groups in total. The van der Waals surface area contributed by atoms with Gasteiger partial charge in [0, 0.05) is 19.6 Å². The van der Waals surface area contributed by atoms with Crippen molar-refractivity contribution in [2.45, 2.75) is 0 Å². The van der Waals surface area contributed by atoms with E-state index in [4.69, 9.17) is 0 Å². The van der Waals surface area contributed by atoms with E-state index < -0.39 is 0 Å². The zero-order chi connectivity index (χ0) is 5.82. The van der Waals surface area contributed by atoms with Gasteiger partial charge in [-0.05, 0) is 12.6 Å². The Kier molecular flexibility index (Phi) is 2.06. The number of nitrogens with one attached hydrogen (secondary N) is 1. The van der Waals surface area contributed by atoms with Crippen molar-refractivity contribution in [3.05, 3.63) is 11.6 Å². The average molecular weight is 111 g/mol. The van der Waals surface area contributed by atoms with Gasteiger partial charge in [-0.2, -0.15) is 0 Å². The van der Waals surface area contributed by atoms with E-state index in [1.165, 1.54) is 5.57 Å². The van der Waals surface area contributed by atoms with Crippen molar-refractivity contribution in [1.29, 1.82) is 0 Å². The molecule has 0 aromatic heterocycles. The molecule has 1 rings (SSSR count). The highest BCUT2D eigenvalue weighted by atomic mass is 14.9. The molecule has 0 fully saturated rings. The number of hydrogen-bond acceptors (Lipinski definition) is 1. The normalized spacial score (nSPS) is 18.9. The summed E-state index contributed by atoms with van der Waals surface area (Å²) in [5.41, 5.74) is 1.42. The Bertz CT molecular complexity index is 96.7. The molecule has 1 radical (unpaired) electrons. The predicted molar refractivity (Wildman–Crippen MR) is 33.9 cm³/mol. The molecule has 0 spiro atoms. The molecular formula is C6H11N2. The van der Waals surface area contributed by atoms with Gasteiger partial charge in [-0.15, -0.1) is 0 Å². The van der Waals surface area contributed by atoms with Crippen molar-refractivity contribution < 1.29 is 0 Å². The van der Waals surface area contributed by atoms with Crippen LogP contribution < -0.4 is 10.6 Å². The van der Waals surface area contributed by atoms with Gasteiger partial charge in [0.15, 0.2) is 0 Å². The molecule has 0 bridgehead atoms. The fraction of sp³-hybridized carbons (Fsp3) is 0.667. The topological polar surface area (TPSA) is 26.1 Å². The summed E-state index contributed by atoms with van der Waals surface area (Å²) in [6, 6.07) is 0. The predicted octanol–water partition coefficient (Wildman–Crippen LogP) is -0.250. The molecule has 2 heteroatoms. The van der Waals surface area contributed by atoms with Gasteiger partial charge in [0.2, 0.25) is 0 Å². The van der Waals surface area contributed by atoms with Gasteiger partial charge in [0.1, 0.15) is 0 Å². The lowest BCUT2D eigenvalue weighted by molar-refractivity contribution is 0.807. The number of nitrogens with zero attached hydrogens (tertiary/aromatic N) is 1. The quantitative estimate of drug-likeness (QED) is 0.489. The molecule has 1 aliphatic rings. The largest absolute Gasteiger partial charge is 0.316 e. The zero-order valence-corrected chi connectivity index (χ0v) is 5.15. The van der Waals surface area contributed by atoms with Crippen molar-refractivity contribution in [1.82, 2.24) is 10.6 Å². The maximum atomic E-state index is 4.15. The Morgan fingerprint density at radius 3 is 3.25 bits per heavy atom. The van der Waals surface area contributed by atoms with Crippen LogP contribution in [0.3, 0.4) is 0 Å². The molecule has 0 aromatic rings. The van der Waals surface area contributed by atoms with E-state index in [9.17, 15) is 0 Å². The highest BCUT2D eigenvalue weighted by Gasteiger charge is 2.01. The standard InChI is InChI=1S/C6H11N2/c1-7-4-6-2-3-8-5-6/h2,7H,3-5H2,1H3. The molecule has 0 saturated carbocycles. The fourth-order valence-corrected chi connectivity index (χ4v) is 0.821. The second kappa shape index (κ2) is 2.84. The minimum Gasteiger partial charge on any atom is -0.316 e. The Balaban J connectivity index is 2.23. The molecule has 0 amide bonds. The van der Waals surface area contributed by atoms with Gasteiger partial charge in [0.25, 0.3) is 0 Å². The van der Waals surface area contributed by atoms with Gasteiger partial charge in [-0.3, -0.25) is 0 Å². The molecule has 0 unspecified atom stereocenters. The van der Waals surface area contributed by atoms with E-state index >= 15 is 0 Å². The first kappa shape index (κ1) is 5.79. The van der Waals surface area contributed by atoms with E-state index in [1.807, 2.05) is 7.05 Å². The van der Waals surface area contributed by atoms with Crippen LogP contribution in [-0.2, 0) is 0 Å². The fourth-order valence-electron chi connectivity index (χ4n) is 0.821. The van der Waals surface area contributed by atoms with E-state index in [-0.39, 0.29) is 0 Å². The molecular weight excluding hydrogens is 100 g/mol. The van der Waals surface area contributed by atoms with Crippen LogP contribution in [-0.4, -0.2) is 26.7 Å². The lowest BCUT2D eigenvalue weighted by atomic mass is 10.3. The zero-order valence-electron chi connectivity index (χ0n) is 5.15. The van der Waals surface area contributed by atoms with E-state index in [0.29, 0.717) is 0 Å². The van der Waals surface area contributed by atoms with Gasteiger partial charge in [-0.1, -0.05) is 6.08 Å². The average Bonchev–Trinajstić information content (AvgIpc) is 2.19. The monoisotopic (exact) mass is 111 g/mol. The molecule has 1 heterocycles. The van der Waals surface area contributed by atoms with Gasteiger partial charge in [0.05, 0.1) is 0 Å². The second-order valence-electron chi connectivity index (χ2n) is 1.96. The summed E-state index contributed by atoms with van der Waals surface area (Å²) in [6.07, 6.45) is 2.18. The summed E-state index contributed by atoms with van der Waals surface area (Å²) >= 11 is 0. The van der Waals surface area contributed by atoms with Crippen LogP contribution in [0.4, 0.5) is 0 Å². The van der Waals surface area contributed by atoms with Crippen LogP contribution in [0.15, 0.2) is 11.6 Å². The van der Waals surface area contributed by atoms with Crippen LogP contribution in [0.2, 0.25) is 0 Å². The van der Waals surface area contributed by atoms with E-state index in [1.54, 1.807) is 0 Å². The summed E-state index contributed by atoms with van der Waals surface area (Å²) < 4.78 is 0. The van der Waals surface area contributed by atoms with Crippen LogP contribution in [0.25, 0.3) is 0 Å². The summed E-state index contributed by atoms with van der Waals surface area (Å²) in [7, 11) is 1.96. The van der Waals surface area contributed by atoms with Gasteiger partial charge in [-0.25, -0.2) is 5.32 Å². The first-order valence-electron chi connectivity index (χ1n) is 2.89. The molecule has 0 atom stereocenters. The minimum atomic E-state index is 0.928. The van der Waals surface area contributed by atoms with Crippen LogP contribution >= 0.6 is 0 Å². The minimum absolute atomic E-state index is 0.928. The van der Waals surface area contributed by atoms with Crippen molar-refractivity contribution in [3.63, 3.8) is 0 Å². The maximum Gasteiger partial charge on any atom is 0.0360 e. The molecule has 45 valence electrons. The smallest absolute Gasteiger partial charge is 0.0360 e. The van der Waals surface area contributed by atoms with Gasteiger partial charge < -0.3 is 5.32 Å². The summed E-state index contributed by atoms with van der Waals surface area (Å²) in [6.45, 7) is 2.88. The molecule has 8 heavy (non-hydrogen) atoms. The lowest BCUT2D eigenvalue weighted by Crippen LogP contribution is -2.12. The Morgan fingerprint density at radius 1 is 1.88 bits per heavy atom. The van der Waals surface area contributed by atoms with Crippen molar-refractivity contribution in [3.8, 4) is 0 Å². The molecule has 1 aliphatic heterocycles. The Morgan fingerprint density at radius 2 is 2.75 bits per heavy atom. The maximum absolute atomic E-state index is 4.15. The highest BCUT2D eigenvalue weighted by molar-refractivity contribution is 5.11. The van der Waals surface area contributed by atoms with Crippen molar-refractivity contribution in [2.75, 3.05) is 26.7 Å². The molecule has 2 nitrogen and oxygen atoms in total. The molecule has 0 saturated heterocycles. The number of hydrogen-bond donors (Lipinski definition) is 1. The van der Waals surface area contributed by atoms with Crippen molar-refractivity contribution in [2.24, 2.45) is 0 Å². The van der Waals surface area contributed by atoms with Crippen LogP contribution in [0, 0.1) is 0 Å². The third-order valence-electron chi connectivity index (χ3n) is 1.23. The van der Waals surface area contributed by atoms with Crippen LogP contribution in [0.5, 0.6) is 0 Å². The number of rotatable bonds is 2. The van der Waals surface area contributed by atoms with Crippen molar-refractivity contribution >= 4 is 0 Å². The molecule has 0 aromatic carbocycles. The Labute approximate surface area is 50.0 Å². The van der Waals surface area contributed by atoms with Gasteiger partial charge >= 0.3 is 0 Å². The summed E-state index contributed by atoms with van der Waals surface area (Å²) in [5, 5.41) is 7.23. The SMILES string of the molecule is CNCC1=CC[N]C1. The molecule has 0 aliphatic carbocycles. The van der Waals surface area contributed by atoms with Crippen LogP contribution in [0.1, 0.15) is 0 Å². The van der Waals surface area contributed by atoms with E-state index in [0.717, 1.165) is 19.6 Å². The first-order chi connectivity index (χ1) is 3.93. The summed E-state index contributed by atoms with van der Waals surface area (Å²) in [5.74, 6) is 0. The summed E-state index contributed by atoms with van der Waals surface area (Å²) in [4.78, 5) is 0. The highest BCUT2D eigenvalue weighted by Crippen LogP contribution is 1.96. The first-order valence-corrected chi connectivity index (χ1v) is 2.89. The third kappa shape index (κ3) is 1.32. The number of likely N-dealkylation sites (N-methyl/N-ethyl adjacent to an activating group) is 1. The third-order valence-corrected chi connectivity index (χ3v) is 1.23.